The van der Waals surface area contributed by atoms with E-state index in [0.717, 1.165) is 5.69 Å². The molecule has 3 heterocycles. The lowest BCUT2D eigenvalue weighted by molar-refractivity contribution is 0.262. The Labute approximate surface area is 176 Å². The van der Waals surface area contributed by atoms with Crippen molar-refractivity contribution in [3.05, 3.63) is 47.7 Å². The molecule has 4 aromatic rings. The van der Waals surface area contributed by atoms with Gasteiger partial charge in [-0.3, -0.25) is 5.32 Å². The van der Waals surface area contributed by atoms with Gasteiger partial charge in [0.1, 0.15) is 11.3 Å². The van der Waals surface area contributed by atoms with Gasteiger partial charge in [0.05, 0.1) is 6.33 Å². The molecule has 0 spiro atoms. The Morgan fingerprint density at radius 3 is 2.53 bits per heavy atom. The van der Waals surface area contributed by atoms with Crippen LogP contribution in [-0.2, 0) is 5.41 Å². The van der Waals surface area contributed by atoms with Gasteiger partial charge < -0.3 is 20.1 Å². The molecule has 0 atom stereocenters. The number of anilines is 4. The van der Waals surface area contributed by atoms with Gasteiger partial charge in [0, 0.05) is 22.9 Å². The van der Waals surface area contributed by atoms with Crippen molar-refractivity contribution >= 4 is 51.8 Å². The molecule has 154 valence electrons. The highest BCUT2D eigenvalue weighted by Gasteiger charge is 2.20. The number of nitrogens with one attached hydrogen (secondary N) is 4. The lowest BCUT2D eigenvalue weighted by atomic mass is 9.93. The van der Waals surface area contributed by atoms with Crippen LogP contribution in [0.25, 0.3) is 11.2 Å². The Kier molecular flexibility index (Phi) is 5.00. The molecule has 0 radical (unpaired) electrons. The van der Waals surface area contributed by atoms with E-state index in [9.17, 15) is 4.79 Å². The maximum Gasteiger partial charge on any atom is 0.324 e. The van der Waals surface area contributed by atoms with Crippen LogP contribution in [0.15, 0.2) is 41.2 Å². The van der Waals surface area contributed by atoms with Gasteiger partial charge in [0.2, 0.25) is 5.28 Å². The van der Waals surface area contributed by atoms with Crippen LogP contribution in [0.1, 0.15) is 26.5 Å². The number of aromatic nitrogens is 5. The summed E-state index contributed by atoms with van der Waals surface area (Å²) < 4.78 is 5.26. The summed E-state index contributed by atoms with van der Waals surface area (Å²) in [5.41, 5.74) is 2.27. The number of urea groups is 1. The molecule has 0 bridgehead atoms. The van der Waals surface area contributed by atoms with Crippen LogP contribution >= 0.6 is 11.6 Å². The number of benzene rings is 1. The summed E-state index contributed by atoms with van der Waals surface area (Å²) in [6, 6.07) is 8.36. The zero-order valence-corrected chi connectivity index (χ0v) is 17.2. The Morgan fingerprint density at radius 1 is 1.10 bits per heavy atom. The molecule has 4 N–H and O–H groups in total. The molecule has 3 aromatic heterocycles. The Hall–Kier alpha value is -3.66. The topological polar surface area (TPSA) is 134 Å². The lowest BCUT2D eigenvalue weighted by Crippen LogP contribution is -2.19. The molecular formula is C19H19ClN8O2. The van der Waals surface area contributed by atoms with Crippen LogP contribution in [0, 0.1) is 0 Å². The normalized spacial score (nSPS) is 11.5. The van der Waals surface area contributed by atoms with Gasteiger partial charge in [-0.25, -0.2) is 9.78 Å². The second kappa shape index (κ2) is 7.64. The van der Waals surface area contributed by atoms with Crippen molar-refractivity contribution in [2.75, 3.05) is 16.0 Å². The van der Waals surface area contributed by atoms with E-state index in [1.165, 1.54) is 6.33 Å². The van der Waals surface area contributed by atoms with Crippen LogP contribution in [0.4, 0.5) is 27.8 Å². The number of halogens is 1. The van der Waals surface area contributed by atoms with Crippen molar-refractivity contribution in [1.29, 1.82) is 0 Å². The second-order valence-corrected chi connectivity index (χ2v) is 7.89. The third-order valence-electron chi connectivity index (χ3n) is 4.15. The van der Waals surface area contributed by atoms with E-state index in [2.05, 4.69) is 41.0 Å². The molecule has 0 saturated carbocycles. The lowest BCUT2D eigenvalue weighted by Gasteiger charge is -2.12. The van der Waals surface area contributed by atoms with Crippen LogP contribution in [-0.4, -0.2) is 31.1 Å². The predicted octanol–water partition coefficient (Wildman–Crippen LogP) is 4.68. The molecule has 1 aromatic carbocycles. The van der Waals surface area contributed by atoms with Gasteiger partial charge in [-0.05, 0) is 35.9 Å². The molecule has 0 aliphatic heterocycles. The van der Waals surface area contributed by atoms with E-state index in [-0.39, 0.29) is 10.7 Å². The number of H-pyrrole nitrogens is 1. The van der Waals surface area contributed by atoms with E-state index in [0.29, 0.717) is 34.2 Å². The highest BCUT2D eigenvalue weighted by molar-refractivity contribution is 6.28. The number of carbonyl (C=O) groups is 1. The smallest absolute Gasteiger partial charge is 0.324 e. The summed E-state index contributed by atoms with van der Waals surface area (Å²) in [5.74, 6) is 1.53. The van der Waals surface area contributed by atoms with E-state index in [1.54, 1.807) is 30.3 Å². The molecule has 0 aliphatic rings. The zero-order valence-electron chi connectivity index (χ0n) is 16.4. The predicted molar refractivity (Wildman–Crippen MR) is 114 cm³/mol. The monoisotopic (exact) mass is 426 g/mol. The average molecular weight is 427 g/mol. The molecule has 0 aliphatic carbocycles. The molecule has 11 heteroatoms. The highest BCUT2D eigenvalue weighted by Crippen LogP contribution is 2.25. The summed E-state index contributed by atoms with van der Waals surface area (Å²) in [6.07, 6.45) is 1.52. The van der Waals surface area contributed by atoms with Crippen molar-refractivity contribution in [2.45, 2.75) is 26.2 Å². The summed E-state index contributed by atoms with van der Waals surface area (Å²) in [6.45, 7) is 6.00. The first-order chi connectivity index (χ1) is 14.3. The van der Waals surface area contributed by atoms with Crippen LogP contribution in [0.5, 0.6) is 0 Å². The first kappa shape index (κ1) is 19.6. The first-order valence-corrected chi connectivity index (χ1v) is 9.45. The molecule has 2 amide bonds. The van der Waals surface area contributed by atoms with Crippen LogP contribution in [0.3, 0.4) is 0 Å². The molecule has 4 rings (SSSR count). The van der Waals surface area contributed by atoms with Crippen molar-refractivity contribution in [1.82, 2.24) is 25.1 Å². The standard InChI is InChI=1S/C19H19ClN8O2/c1-19(2,3)12-8-13(28-30-12)25-18(29)24-11-6-4-10(5-7-11)23-16-14-15(22-9-21-14)26-17(20)27-16/h4-9H,1-3H3,(H2,24,25,28,29)(H2,21,22,23,26,27). The third-order valence-corrected chi connectivity index (χ3v) is 4.32. The van der Waals surface area contributed by atoms with E-state index >= 15 is 0 Å². The fourth-order valence-corrected chi connectivity index (χ4v) is 2.80. The Morgan fingerprint density at radius 2 is 1.83 bits per heavy atom. The summed E-state index contributed by atoms with van der Waals surface area (Å²) in [5, 5.41) is 12.5. The summed E-state index contributed by atoms with van der Waals surface area (Å²) in [7, 11) is 0. The Bertz CT molecular complexity index is 1190. The number of fused-ring (bicyclic) bond motifs is 1. The van der Waals surface area contributed by atoms with Crippen molar-refractivity contribution in [3.63, 3.8) is 0 Å². The van der Waals surface area contributed by atoms with Crippen LogP contribution < -0.4 is 16.0 Å². The summed E-state index contributed by atoms with van der Waals surface area (Å²) >= 11 is 5.94. The van der Waals surface area contributed by atoms with Gasteiger partial charge in [-0.1, -0.05) is 25.9 Å². The quantitative estimate of drug-likeness (QED) is 0.348. The maximum absolute atomic E-state index is 12.2. The number of carbonyl (C=O) groups excluding carboxylic acids is 1. The van der Waals surface area contributed by atoms with Gasteiger partial charge >= 0.3 is 6.03 Å². The van der Waals surface area contributed by atoms with Crippen molar-refractivity contribution in [3.8, 4) is 0 Å². The number of imidazole rings is 1. The fraction of sp³-hybridized carbons (Fsp3) is 0.211. The minimum absolute atomic E-state index is 0.0922. The molecule has 30 heavy (non-hydrogen) atoms. The van der Waals surface area contributed by atoms with E-state index < -0.39 is 6.03 Å². The number of hydrogen-bond acceptors (Lipinski definition) is 7. The number of rotatable bonds is 4. The minimum atomic E-state index is -0.425. The number of nitrogens with zero attached hydrogens (tertiary/aromatic N) is 4. The fourth-order valence-electron chi connectivity index (χ4n) is 2.64. The second-order valence-electron chi connectivity index (χ2n) is 7.55. The van der Waals surface area contributed by atoms with Gasteiger partial charge in [-0.15, -0.1) is 0 Å². The van der Waals surface area contributed by atoms with Gasteiger partial charge in [-0.2, -0.15) is 9.97 Å². The number of amides is 2. The molecule has 0 unspecified atom stereocenters. The number of hydrogen-bond donors (Lipinski definition) is 4. The van der Waals surface area contributed by atoms with Gasteiger partial charge in [0.15, 0.2) is 17.3 Å². The van der Waals surface area contributed by atoms with E-state index in [1.807, 2.05) is 20.8 Å². The average Bonchev–Trinajstić information content (AvgIpc) is 3.32. The number of aromatic amines is 1. The Balaban J connectivity index is 1.40. The third kappa shape index (κ3) is 4.33. The van der Waals surface area contributed by atoms with E-state index in [4.69, 9.17) is 16.1 Å². The van der Waals surface area contributed by atoms with Gasteiger partial charge in [0.25, 0.3) is 0 Å². The molecule has 0 fully saturated rings. The van der Waals surface area contributed by atoms with Crippen LogP contribution in [0.2, 0.25) is 5.28 Å². The molecular weight excluding hydrogens is 408 g/mol. The first-order valence-electron chi connectivity index (χ1n) is 9.07. The highest BCUT2D eigenvalue weighted by atomic mass is 35.5. The minimum Gasteiger partial charge on any atom is -0.359 e. The SMILES string of the molecule is CC(C)(C)c1cc(NC(=O)Nc2ccc(Nc3nc(Cl)nc4nc[nH]c34)cc2)no1. The maximum atomic E-state index is 12.2. The van der Waals surface area contributed by atoms with Crippen molar-refractivity contribution in [2.24, 2.45) is 0 Å². The molecule has 10 nitrogen and oxygen atoms in total. The molecule has 0 saturated heterocycles. The zero-order chi connectivity index (χ0) is 21.3. The largest absolute Gasteiger partial charge is 0.359 e. The van der Waals surface area contributed by atoms with Crippen molar-refractivity contribution < 1.29 is 9.32 Å². The summed E-state index contributed by atoms with van der Waals surface area (Å²) in [4.78, 5) is 27.5.